The number of alkyl halides is 20. The van der Waals surface area contributed by atoms with Crippen LogP contribution in [0, 0.1) is 6.07 Å². The summed E-state index contributed by atoms with van der Waals surface area (Å²) in [6.07, 6.45) is -8.14. The summed E-state index contributed by atoms with van der Waals surface area (Å²) in [6.45, 7) is 8.04. The Hall–Kier alpha value is -12.7. The second kappa shape index (κ2) is 37.1. The Morgan fingerprint density at radius 1 is 0.260 bits per heavy atom. The van der Waals surface area contributed by atoms with E-state index in [9.17, 15) is 160 Å². The Labute approximate surface area is 688 Å². The third kappa shape index (κ3) is 22.4. The van der Waals surface area contributed by atoms with E-state index >= 15 is 0 Å². The Kier molecular flexibility index (Phi) is 29.6. The molecule has 0 N–H and O–H groups in total. The summed E-state index contributed by atoms with van der Waals surface area (Å²) >= 11 is 0. The fourth-order valence-electron chi connectivity index (χ4n) is 11.0. The minimum Gasteiger partial charge on any atom is -0.368 e. The summed E-state index contributed by atoms with van der Waals surface area (Å²) in [7, 11) is -10.2. The first-order chi connectivity index (χ1) is 58.1. The molecule has 2 saturated heterocycles. The van der Waals surface area contributed by atoms with Crippen molar-refractivity contribution in [3.63, 3.8) is 0 Å². The molecule has 0 aliphatic carbocycles. The maximum absolute atomic E-state index is 14.4. The third-order valence-electron chi connectivity index (χ3n) is 18.4. The number of benzene rings is 10. The van der Waals surface area contributed by atoms with E-state index in [1.807, 2.05) is 0 Å². The van der Waals surface area contributed by atoms with E-state index in [0.717, 1.165) is 72.8 Å². The molecule has 0 aromatic heterocycles. The van der Waals surface area contributed by atoms with Crippen LogP contribution in [-0.4, -0.2) is 13.2 Å². The number of rotatable bonds is 24. The van der Waals surface area contributed by atoms with Crippen molar-refractivity contribution in [2.45, 2.75) is 76.3 Å². The monoisotopic (exact) mass is 2120 g/mol. The van der Waals surface area contributed by atoms with Crippen LogP contribution < -0.4 is 0 Å². The van der Waals surface area contributed by atoms with Crippen LogP contribution in [0.4, 0.5) is 160 Å². The number of epoxide rings is 2. The van der Waals surface area contributed by atoms with Gasteiger partial charge in [0.15, 0.2) is 23.3 Å². The summed E-state index contributed by atoms with van der Waals surface area (Å²) < 4.78 is 507. The molecule has 2 aliphatic rings. The van der Waals surface area contributed by atoms with Crippen molar-refractivity contribution in [3.8, 4) is 0 Å². The van der Waals surface area contributed by atoms with Crippen molar-refractivity contribution in [1.29, 1.82) is 0 Å². The van der Waals surface area contributed by atoms with Crippen LogP contribution in [0.5, 0.6) is 0 Å². The molecule has 0 spiro atoms. The van der Waals surface area contributed by atoms with Crippen molar-refractivity contribution < 1.29 is 169 Å². The first kappa shape index (κ1) is 101. The van der Waals surface area contributed by atoms with Crippen molar-refractivity contribution in [1.82, 2.24) is 0 Å². The molecule has 10 aromatic rings. The van der Waals surface area contributed by atoms with Gasteiger partial charge in [0.05, 0.1) is 13.2 Å². The zero-order valence-corrected chi connectivity index (χ0v) is 70.4. The van der Waals surface area contributed by atoms with Crippen molar-refractivity contribution >= 4 is 45.7 Å². The molecule has 2 aliphatic heterocycles. The van der Waals surface area contributed by atoms with Gasteiger partial charge in [-0.05, 0) is 34.4 Å². The van der Waals surface area contributed by atoms with Gasteiger partial charge in [0, 0.05) is 72.3 Å². The van der Waals surface area contributed by atoms with E-state index in [2.05, 4.69) is 19.2 Å². The van der Waals surface area contributed by atoms with Crippen LogP contribution in [0.15, 0.2) is 285 Å². The summed E-state index contributed by atoms with van der Waals surface area (Å²) in [5.41, 5.74) is -11.3. The van der Waals surface area contributed by atoms with Crippen LogP contribution in [-0.2, 0) is 68.7 Å². The smallest absolute Gasteiger partial charge is 0.339 e. The van der Waals surface area contributed by atoms with Crippen LogP contribution in [0.1, 0.15) is 112 Å². The maximum Gasteiger partial charge on any atom is 0.339 e. The Bertz CT molecular complexity index is 5370. The number of halogens is 37. The normalized spacial score (nSPS) is 14.8. The minimum atomic E-state index is -10.2. The minimum absolute atomic E-state index is 0. The van der Waals surface area contributed by atoms with Crippen molar-refractivity contribution in [2.24, 2.45) is 0 Å². The van der Waals surface area contributed by atoms with Gasteiger partial charge in [-0.2, -0.15) is 153 Å². The van der Waals surface area contributed by atoms with Gasteiger partial charge in [-0.3, -0.25) is 0 Å². The summed E-state index contributed by atoms with van der Waals surface area (Å²) in [5, 5.41) is 0. The van der Waals surface area contributed by atoms with Gasteiger partial charge in [-0.25, -0.2) is 17.6 Å². The molecule has 12 rings (SSSR count). The van der Waals surface area contributed by atoms with E-state index in [0.29, 0.717) is 120 Å². The van der Waals surface area contributed by atoms with E-state index in [-0.39, 0.29) is 36.5 Å². The van der Waals surface area contributed by atoms with E-state index < -0.39 is 212 Å². The van der Waals surface area contributed by atoms with Gasteiger partial charge in [0.25, 0.3) is 0 Å². The largest absolute Gasteiger partial charge is 0.368 e. The second-order valence-corrected chi connectivity index (χ2v) is 29.1. The molecule has 41 heteroatoms. The molecule has 10 aromatic carbocycles. The standard InChI is InChI=1S/C18H8F10.C18H14F4O2.C18H14F4.C16H8F12S.C16H8F7.Rf/c19-13(15(21)22)9-1-5-11(6-2-9)17(25,26)18(27,28)12-7-3-10(4-8-12)14(20)16(23)24;19-17(20,13-5-1-11(2-6-13)15-9-23-15)18(21,22)14-7-3-12(4-8-14)16-10-24-16;1-3-13-5-9-15(10-6-13)17(19,20)18(21,22)16-11-7-14(4-2)8-12-16;17-13(14(18)19)9-1-3-10(4-2-9)15(20,21)16(22,23)11-5-7-12(8-6-11)29(24,25,26,27)28;17-13(14(18)19)10-6-8-12(9-7-10)16(22,23)15(20,21)11-4-2-1-3-5-11;/h1-8H;1-8,15-16H,9-10H2;3-12H,1-2H2;1-8H;2-9H;/q;;;;-1;. The molecule has 2 atom stereocenters. The molecule has 0 bridgehead atoms. The molecular weight excluding hydrogens is 2070 g/mol. The molecule has 2 nitrogen and oxygen atoms in total. The molecule has 0 radical (unpaired) electrons. The Morgan fingerprint density at radius 3 is 0.575 bits per heavy atom. The van der Waals surface area contributed by atoms with Gasteiger partial charge >= 0.3 is 93.8 Å². The average molecular weight is 2120 g/mol. The predicted octanol–water partition coefficient (Wildman–Crippen LogP) is 32.9. The van der Waals surface area contributed by atoms with Crippen LogP contribution >= 0.6 is 10.2 Å². The summed E-state index contributed by atoms with van der Waals surface area (Å²) in [6, 6.07) is 30.4. The van der Waals surface area contributed by atoms with E-state index in [1.54, 1.807) is 0 Å². The molecule has 0 amide bonds. The molecule has 0 saturated carbocycles. The number of hydrogen-bond donors (Lipinski definition) is 0. The quantitative estimate of drug-likeness (QED) is 0.0342. The first-order valence-electron chi connectivity index (χ1n) is 34.8. The molecule has 676 valence electrons. The van der Waals surface area contributed by atoms with Gasteiger partial charge in [0.1, 0.15) is 17.1 Å². The fraction of sp³-hybridized carbons (Fsp3) is 0.163. The summed E-state index contributed by atoms with van der Waals surface area (Å²) in [4.78, 5) is -2.55. The fourth-order valence-corrected chi connectivity index (χ4v) is 11.7. The molecular formula is C86H52F37O2RfS-. The van der Waals surface area contributed by atoms with Crippen LogP contribution in [0.2, 0.25) is 0 Å². The maximum atomic E-state index is 14.4. The van der Waals surface area contributed by atoms with E-state index in [4.69, 9.17) is 9.47 Å². The molecule has 127 heavy (non-hydrogen) atoms. The zero-order chi connectivity index (χ0) is 94.4. The van der Waals surface area contributed by atoms with Crippen LogP contribution in [0.25, 0.3) is 35.5 Å². The molecule has 2 heterocycles. The summed E-state index contributed by atoms with van der Waals surface area (Å²) in [5.74, 6) is -54.4. The zero-order valence-electron chi connectivity index (χ0n) is 63.1. The molecule has 2 unspecified atom stereocenters. The van der Waals surface area contributed by atoms with Crippen molar-refractivity contribution in [3.05, 3.63) is 386 Å². The topological polar surface area (TPSA) is 25.1 Å². The Balaban J connectivity index is 0.000000218. The van der Waals surface area contributed by atoms with Crippen LogP contribution in [0.3, 0.4) is 0 Å². The molecule has 2 fully saturated rings. The van der Waals surface area contributed by atoms with Gasteiger partial charge < -0.3 is 9.47 Å². The third-order valence-corrected chi connectivity index (χ3v) is 19.5. The van der Waals surface area contributed by atoms with Gasteiger partial charge in [0.2, 0.25) is 0 Å². The number of hydrogen-bond acceptors (Lipinski definition) is 2. The van der Waals surface area contributed by atoms with E-state index in [1.165, 1.54) is 60.7 Å². The van der Waals surface area contributed by atoms with Gasteiger partial charge in [-0.1, -0.05) is 257 Å². The predicted molar refractivity (Wildman–Crippen MR) is 392 cm³/mol. The first-order valence-corrected chi connectivity index (χ1v) is 36.8. The van der Waals surface area contributed by atoms with Crippen molar-refractivity contribution in [2.75, 3.05) is 13.2 Å². The second-order valence-electron chi connectivity index (χ2n) is 26.7. The SMILES string of the molecule is C=Cc1ccc(C(F)(F)C(F)(F)c2ccc(C=C)cc2)cc1.FC(F)(c1ccc(C2CO2)cc1)C(F)(F)c1ccc(C2CO2)cc1.FC(F)=C(F)c1ccc(C(F)(F)C(F)(F)c2cc[c-]cc2)cc1.FC(F)=C(F)c1ccc(C(F)(F)C(F)(F)c2ccc(C(F)=C(F)F)cc2)cc1.FC(F)=C(F)c1ccc(C(F)(F)C(F)(F)c2ccc(S(F)(F)(F)(F)F)cc2)cc1.[Rf]. The average Bonchev–Trinajstić information content (AvgIpc) is 1.67. The Morgan fingerprint density at radius 2 is 0.417 bits per heavy atom. The van der Waals surface area contributed by atoms with Gasteiger partial charge in [-0.15, -0.1) is 0 Å². The number of ether oxygens (including phenoxy) is 2.